The lowest BCUT2D eigenvalue weighted by Gasteiger charge is -2.41. The number of hydrogen-bond acceptors (Lipinski definition) is 4. The van der Waals surface area contributed by atoms with Crippen LogP contribution in [0.2, 0.25) is 0 Å². The van der Waals surface area contributed by atoms with Gasteiger partial charge in [-0.15, -0.1) is 0 Å². The van der Waals surface area contributed by atoms with Gasteiger partial charge in [-0.2, -0.15) is 5.10 Å². The minimum atomic E-state index is -0.0494. The highest BCUT2D eigenvalue weighted by molar-refractivity contribution is 5.99. The molecule has 0 spiro atoms. The predicted molar refractivity (Wildman–Crippen MR) is 138 cm³/mol. The SMILES string of the molecule is COc1ccc(CC(=O)N2CCCC(N3C(=O)c4c(c(C)nn4-c4ccccc4)C3C(C)C)C2)cc1. The van der Waals surface area contributed by atoms with Gasteiger partial charge >= 0.3 is 0 Å². The van der Waals surface area contributed by atoms with Crippen LogP contribution in [-0.4, -0.2) is 57.6 Å². The topological polar surface area (TPSA) is 67.7 Å². The van der Waals surface area contributed by atoms with Gasteiger partial charge in [0, 0.05) is 18.7 Å². The van der Waals surface area contributed by atoms with Crippen molar-refractivity contribution in [1.29, 1.82) is 0 Å². The number of hydrogen-bond donors (Lipinski definition) is 0. The fourth-order valence-corrected chi connectivity index (χ4v) is 5.73. The Kier molecular flexibility index (Phi) is 6.56. The Labute approximate surface area is 212 Å². The summed E-state index contributed by atoms with van der Waals surface area (Å²) in [6.45, 7) is 7.61. The van der Waals surface area contributed by atoms with Crippen LogP contribution in [0, 0.1) is 12.8 Å². The number of piperidine rings is 1. The summed E-state index contributed by atoms with van der Waals surface area (Å²) in [5.74, 6) is 1.12. The lowest BCUT2D eigenvalue weighted by Crippen LogP contribution is -2.52. The largest absolute Gasteiger partial charge is 0.497 e. The third-order valence-corrected chi connectivity index (χ3v) is 7.43. The summed E-state index contributed by atoms with van der Waals surface area (Å²) >= 11 is 0. The highest BCUT2D eigenvalue weighted by atomic mass is 16.5. The second-order valence-electron chi connectivity index (χ2n) is 10.2. The molecule has 5 rings (SSSR count). The number of methoxy groups -OCH3 is 1. The minimum Gasteiger partial charge on any atom is -0.497 e. The molecular weight excluding hydrogens is 452 g/mol. The first-order valence-electron chi connectivity index (χ1n) is 12.8. The Morgan fingerprint density at radius 3 is 2.50 bits per heavy atom. The lowest BCUT2D eigenvalue weighted by atomic mass is 9.94. The number of carbonyl (C=O) groups excluding carboxylic acids is 2. The van der Waals surface area contributed by atoms with Crippen LogP contribution in [0.5, 0.6) is 5.75 Å². The molecule has 0 aliphatic carbocycles. The van der Waals surface area contributed by atoms with Crippen LogP contribution in [0.1, 0.15) is 60.0 Å². The Balaban J connectivity index is 1.39. The number of para-hydroxylation sites is 1. The van der Waals surface area contributed by atoms with Crippen molar-refractivity contribution in [3.8, 4) is 11.4 Å². The fourth-order valence-electron chi connectivity index (χ4n) is 5.73. The summed E-state index contributed by atoms with van der Waals surface area (Å²) in [5, 5.41) is 4.76. The first-order valence-corrected chi connectivity index (χ1v) is 12.8. The van der Waals surface area contributed by atoms with Gasteiger partial charge in [-0.3, -0.25) is 9.59 Å². The number of nitrogens with zero attached hydrogens (tertiary/aromatic N) is 4. The van der Waals surface area contributed by atoms with Gasteiger partial charge in [-0.1, -0.05) is 44.2 Å². The van der Waals surface area contributed by atoms with Crippen molar-refractivity contribution in [3.05, 3.63) is 77.1 Å². The monoisotopic (exact) mass is 486 g/mol. The minimum absolute atomic E-state index is 0.0163. The molecule has 1 aromatic heterocycles. The van der Waals surface area contributed by atoms with Crippen molar-refractivity contribution in [1.82, 2.24) is 19.6 Å². The van der Waals surface area contributed by atoms with Crippen molar-refractivity contribution in [3.63, 3.8) is 0 Å². The Morgan fingerprint density at radius 1 is 1.11 bits per heavy atom. The van der Waals surface area contributed by atoms with Gasteiger partial charge < -0.3 is 14.5 Å². The fraction of sp³-hybridized carbons (Fsp3) is 0.414. The van der Waals surface area contributed by atoms with Gasteiger partial charge in [0.1, 0.15) is 11.4 Å². The average Bonchev–Trinajstić information content (AvgIpc) is 3.40. The average molecular weight is 487 g/mol. The van der Waals surface area contributed by atoms with E-state index in [1.165, 1.54) is 0 Å². The molecule has 0 saturated carbocycles. The zero-order chi connectivity index (χ0) is 25.4. The second kappa shape index (κ2) is 9.80. The number of carbonyl (C=O) groups is 2. The van der Waals surface area contributed by atoms with Crippen LogP contribution >= 0.6 is 0 Å². The van der Waals surface area contributed by atoms with Crippen LogP contribution < -0.4 is 4.74 Å². The molecule has 1 saturated heterocycles. The number of ether oxygens (including phenoxy) is 1. The molecule has 188 valence electrons. The smallest absolute Gasteiger partial charge is 0.273 e. The predicted octanol–water partition coefficient (Wildman–Crippen LogP) is 4.58. The highest BCUT2D eigenvalue weighted by Crippen LogP contribution is 2.43. The van der Waals surface area contributed by atoms with Gasteiger partial charge in [-0.05, 0) is 55.5 Å². The van der Waals surface area contributed by atoms with Crippen molar-refractivity contribution in [2.75, 3.05) is 20.2 Å². The number of amides is 2. The number of rotatable bonds is 6. The maximum Gasteiger partial charge on any atom is 0.273 e. The number of fused-ring (bicyclic) bond motifs is 1. The van der Waals surface area contributed by atoms with Gasteiger partial charge in [0.15, 0.2) is 0 Å². The normalized spacial score (nSPS) is 19.6. The van der Waals surface area contributed by atoms with E-state index >= 15 is 0 Å². The molecule has 36 heavy (non-hydrogen) atoms. The zero-order valence-electron chi connectivity index (χ0n) is 21.5. The molecule has 7 nitrogen and oxygen atoms in total. The molecule has 2 aliphatic heterocycles. The Morgan fingerprint density at radius 2 is 1.83 bits per heavy atom. The van der Waals surface area contributed by atoms with Crippen LogP contribution in [0.4, 0.5) is 0 Å². The van der Waals surface area contributed by atoms with E-state index < -0.39 is 0 Å². The van der Waals surface area contributed by atoms with Gasteiger partial charge in [-0.25, -0.2) is 4.68 Å². The summed E-state index contributed by atoms with van der Waals surface area (Å²) in [7, 11) is 1.63. The van der Waals surface area contributed by atoms with E-state index in [4.69, 9.17) is 9.84 Å². The molecule has 2 amide bonds. The highest BCUT2D eigenvalue weighted by Gasteiger charge is 2.47. The second-order valence-corrected chi connectivity index (χ2v) is 10.2. The molecule has 2 aromatic carbocycles. The zero-order valence-corrected chi connectivity index (χ0v) is 21.5. The third-order valence-electron chi connectivity index (χ3n) is 7.43. The molecule has 3 aromatic rings. The van der Waals surface area contributed by atoms with Crippen LogP contribution in [0.3, 0.4) is 0 Å². The first kappa shape index (κ1) is 24.1. The number of likely N-dealkylation sites (tertiary alicyclic amines) is 1. The van der Waals surface area contributed by atoms with Crippen molar-refractivity contribution < 1.29 is 14.3 Å². The van der Waals surface area contributed by atoms with E-state index in [0.29, 0.717) is 18.7 Å². The van der Waals surface area contributed by atoms with Crippen LogP contribution in [0.25, 0.3) is 5.69 Å². The van der Waals surface area contributed by atoms with Crippen LogP contribution in [-0.2, 0) is 11.2 Å². The summed E-state index contributed by atoms with van der Waals surface area (Å²) in [4.78, 5) is 31.2. The number of aryl methyl sites for hydroxylation is 1. The van der Waals surface area contributed by atoms with Gasteiger partial charge in [0.2, 0.25) is 5.91 Å². The molecule has 3 heterocycles. The molecule has 0 N–H and O–H groups in total. The summed E-state index contributed by atoms with van der Waals surface area (Å²) in [5.41, 5.74) is 4.44. The summed E-state index contributed by atoms with van der Waals surface area (Å²) in [6.07, 6.45) is 2.12. The molecular formula is C29H34N4O3. The lowest BCUT2D eigenvalue weighted by molar-refractivity contribution is -0.132. The number of aromatic nitrogens is 2. The molecule has 1 fully saturated rings. The van der Waals surface area contributed by atoms with Gasteiger partial charge in [0.05, 0.1) is 37.0 Å². The maximum absolute atomic E-state index is 14.0. The summed E-state index contributed by atoms with van der Waals surface area (Å²) in [6, 6.07) is 17.4. The maximum atomic E-state index is 14.0. The van der Waals surface area contributed by atoms with E-state index in [9.17, 15) is 9.59 Å². The molecule has 2 atom stereocenters. The molecule has 0 bridgehead atoms. The van der Waals surface area contributed by atoms with E-state index in [-0.39, 0.29) is 29.8 Å². The van der Waals surface area contributed by atoms with E-state index in [0.717, 1.165) is 47.6 Å². The molecule has 2 unspecified atom stereocenters. The Bertz CT molecular complexity index is 1250. The van der Waals surface area contributed by atoms with Crippen molar-refractivity contribution >= 4 is 11.8 Å². The molecule has 0 radical (unpaired) electrons. The summed E-state index contributed by atoms with van der Waals surface area (Å²) < 4.78 is 7.03. The molecule has 7 heteroatoms. The quantitative estimate of drug-likeness (QED) is 0.512. The van der Waals surface area contributed by atoms with E-state index in [2.05, 4.69) is 18.7 Å². The molecule has 2 aliphatic rings. The standard InChI is InChI=1S/C29H34N4O3/c1-19(2)27-26-20(3)30-33(22-9-6-5-7-10-22)28(26)29(35)32(27)23-11-8-16-31(18-23)25(34)17-21-12-14-24(36-4)15-13-21/h5-7,9-10,12-15,19,23,27H,8,11,16-18H2,1-4H3. The third kappa shape index (κ3) is 4.27. The number of benzene rings is 2. The van der Waals surface area contributed by atoms with E-state index in [1.54, 1.807) is 11.8 Å². The van der Waals surface area contributed by atoms with E-state index in [1.807, 2.05) is 66.4 Å². The van der Waals surface area contributed by atoms with Crippen molar-refractivity contribution in [2.24, 2.45) is 5.92 Å². The van der Waals surface area contributed by atoms with Crippen molar-refractivity contribution in [2.45, 2.75) is 52.1 Å². The van der Waals surface area contributed by atoms with Crippen LogP contribution in [0.15, 0.2) is 54.6 Å². The Hall–Kier alpha value is -3.61. The first-order chi connectivity index (χ1) is 17.4. The van der Waals surface area contributed by atoms with Gasteiger partial charge in [0.25, 0.3) is 5.91 Å².